The summed E-state index contributed by atoms with van der Waals surface area (Å²) in [4.78, 5) is 4.16. The van der Waals surface area contributed by atoms with Gasteiger partial charge in [-0.3, -0.25) is 4.90 Å². The van der Waals surface area contributed by atoms with Gasteiger partial charge in [0.2, 0.25) is 0 Å². The first-order chi connectivity index (χ1) is 6.42. The van der Waals surface area contributed by atoms with E-state index in [9.17, 15) is 0 Å². The molecule has 2 heteroatoms. The normalized spacial score (nSPS) is 24.8. The Balaban J connectivity index is 2.11. The minimum Gasteiger partial charge on any atom is -0.296 e. The Labute approximate surface area is 84.4 Å². The Kier molecular flexibility index (Phi) is 3.01. The molecule has 1 aromatic rings. The van der Waals surface area contributed by atoms with Crippen molar-refractivity contribution in [1.29, 1.82) is 0 Å². The number of piperidine rings is 1. The third-order valence-electron chi connectivity index (χ3n) is 2.89. The van der Waals surface area contributed by atoms with E-state index < -0.39 is 0 Å². The molecule has 0 bridgehead atoms. The van der Waals surface area contributed by atoms with Gasteiger partial charge in [0.1, 0.15) is 0 Å². The molecule has 0 spiro atoms. The van der Waals surface area contributed by atoms with Crippen molar-refractivity contribution in [3.8, 4) is 0 Å². The molecule has 0 aromatic carbocycles. The van der Waals surface area contributed by atoms with Crippen molar-refractivity contribution in [2.45, 2.75) is 32.2 Å². The molecule has 1 aromatic heterocycles. The lowest BCUT2D eigenvalue weighted by Gasteiger charge is -2.34. The smallest absolute Gasteiger partial charge is 0.0441 e. The van der Waals surface area contributed by atoms with Crippen LogP contribution in [0.5, 0.6) is 0 Å². The summed E-state index contributed by atoms with van der Waals surface area (Å²) in [7, 11) is 0. The SMILES string of the molecule is CCN1CCCC[C@@H]1c1cccs1. The van der Waals surface area contributed by atoms with Gasteiger partial charge in [-0.25, -0.2) is 0 Å². The zero-order valence-corrected chi connectivity index (χ0v) is 9.02. The number of hydrogen-bond donors (Lipinski definition) is 0. The van der Waals surface area contributed by atoms with E-state index in [0.29, 0.717) is 0 Å². The largest absolute Gasteiger partial charge is 0.296 e. The van der Waals surface area contributed by atoms with Gasteiger partial charge in [0, 0.05) is 10.9 Å². The first-order valence-electron chi connectivity index (χ1n) is 5.19. The highest BCUT2D eigenvalue weighted by molar-refractivity contribution is 7.10. The molecule has 1 nitrogen and oxygen atoms in total. The van der Waals surface area contributed by atoms with Crippen LogP contribution in [0.1, 0.15) is 37.1 Å². The van der Waals surface area contributed by atoms with Crippen LogP contribution in [0.25, 0.3) is 0 Å². The maximum Gasteiger partial charge on any atom is 0.0441 e. The molecule has 1 saturated heterocycles. The van der Waals surface area contributed by atoms with Crippen LogP contribution in [0.15, 0.2) is 17.5 Å². The van der Waals surface area contributed by atoms with E-state index in [4.69, 9.17) is 0 Å². The molecule has 1 atom stereocenters. The van der Waals surface area contributed by atoms with Gasteiger partial charge in [-0.05, 0) is 37.4 Å². The maximum atomic E-state index is 2.61. The fourth-order valence-corrected chi connectivity index (χ4v) is 3.07. The van der Waals surface area contributed by atoms with E-state index in [2.05, 4.69) is 29.3 Å². The van der Waals surface area contributed by atoms with Gasteiger partial charge >= 0.3 is 0 Å². The molecule has 2 heterocycles. The van der Waals surface area contributed by atoms with Gasteiger partial charge in [-0.2, -0.15) is 0 Å². The Bertz CT molecular complexity index is 243. The average Bonchev–Trinajstić information content (AvgIpc) is 2.70. The fourth-order valence-electron chi connectivity index (χ4n) is 2.17. The summed E-state index contributed by atoms with van der Waals surface area (Å²) in [5.74, 6) is 0. The van der Waals surface area contributed by atoms with Gasteiger partial charge in [-0.15, -0.1) is 11.3 Å². The highest BCUT2D eigenvalue weighted by Crippen LogP contribution is 2.32. The molecule has 1 aliphatic rings. The van der Waals surface area contributed by atoms with Gasteiger partial charge in [-0.1, -0.05) is 19.4 Å². The monoisotopic (exact) mass is 195 g/mol. The third kappa shape index (κ3) is 1.94. The number of hydrogen-bond acceptors (Lipinski definition) is 2. The molecule has 72 valence electrons. The fraction of sp³-hybridized carbons (Fsp3) is 0.636. The zero-order chi connectivity index (χ0) is 9.10. The van der Waals surface area contributed by atoms with Gasteiger partial charge < -0.3 is 0 Å². The van der Waals surface area contributed by atoms with Crippen LogP contribution in [0.4, 0.5) is 0 Å². The van der Waals surface area contributed by atoms with E-state index in [1.165, 1.54) is 32.4 Å². The lowest BCUT2D eigenvalue weighted by atomic mass is 10.0. The van der Waals surface area contributed by atoms with E-state index in [1.54, 1.807) is 4.88 Å². The molecule has 0 aliphatic carbocycles. The summed E-state index contributed by atoms with van der Waals surface area (Å²) in [6, 6.07) is 5.17. The van der Waals surface area contributed by atoms with Crippen LogP contribution in [-0.2, 0) is 0 Å². The average molecular weight is 195 g/mol. The first-order valence-corrected chi connectivity index (χ1v) is 6.07. The number of likely N-dealkylation sites (tertiary alicyclic amines) is 1. The Morgan fingerprint density at radius 1 is 1.54 bits per heavy atom. The van der Waals surface area contributed by atoms with Crippen LogP contribution in [0.2, 0.25) is 0 Å². The van der Waals surface area contributed by atoms with E-state index >= 15 is 0 Å². The van der Waals surface area contributed by atoms with Gasteiger partial charge in [0.05, 0.1) is 0 Å². The number of rotatable bonds is 2. The molecule has 0 N–H and O–H groups in total. The zero-order valence-electron chi connectivity index (χ0n) is 8.20. The minimum absolute atomic E-state index is 0.721. The van der Waals surface area contributed by atoms with Crippen LogP contribution in [0, 0.1) is 0 Å². The highest BCUT2D eigenvalue weighted by atomic mass is 32.1. The molecule has 0 amide bonds. The van der Waals surface area contributed by atoms with Crippen molar-refractivity contribution in [3.05, 3.63) is 22.4 Å². The van der Waals surface area contributed by atoms with Crippen molar-refractivity contribution in [2.75, 3.05) is 13.1 Å². The number of nitrogens with zero attached hydrogens (tertiary/aromatic N) is 1. The molecule has 0 saturated carbocycles. The predicted octanol–water partition coefficient (Wildman–Crippen LogP) is 3.30. The molecular weight excluding hydrogens is 178 g/mol. The summed E-state index contributed by atoms with van der Waals surface area (Å²) in [5, 5.41) is 2.19. The van der Waals surface area contributed by atoms with Crippen molar-refractivity contribution in [1.82, 2.24) is 4.90 Å². The van der Waals surface area contributed by atoms with Crippen molar-refractivity contribution < 1.29 is 0 Å². The Morgan fingerprint density at radius 3 is 3.15 bits per heavy atom. The highest BCUT2D eigenvalue weighted by Gasteiger charge is 2.22. The summed E-state index contributed by atoms with van der Waals surface area (Å²) in [6.07, 6.45) is 4.14. The van der Waals surface area contributed by atoms with E-state index in [-0.39, 0.29) is 0 Å². The number of thiophene rings is 1. The van der Waals surface area contributed by atoms with Crippen molar-refractivity contribution in [3.63, 3.8) is 0 Å². The van der Waals surface area contributed by atoms with Crippen LogP contribution in [-0.4, -0.2) is 18.0 Å². The van der Waals surface area contributed by atoms with Crippen LogP contribution < -0.4 is 0 Å². The standard InChI is InChI=1S/C11H17NS/c1-2-12-8-4-3-6-10(12)11-7-5-9-13-11/h5,7,9-10H,2-4,6,8H2,1H3/t10-/m1/s1. The molecule has 0 radical (unpaired) electrons. The van der Waals surface area contributed by atoms with Gasteiger partial charge in [0.15, 0.2) is 0 Å². The van der Waals surface area contributed by atoms with Crippen LogP contribution in [0.3, 0.4) is 0 Å². The molecule has 1 aliphatic heterocycles. The second-order valence-electron chi connectivity index (χ2n) is 3.66. The van der Waals surface area contributed by atoms with Gasteiger partial charge in [0.25, 0.3) is 0 Å². The molecule has 13 heavy (non-hydrogen) atoms. The quantitative estimate of drug-likeness (QED) is 0.700. The second-order valence-corrected chi connectivity index (χ2v) is 4.63. The predicted molar refractivity (Wildman–Crippen MR) is 58.2 cm³/mol. The lowest BCUT2D eigenvalue weighted by Crippen LogP contribution is -2.32. The summed E-state index contributed by atoms with van der Waals surface area (Å²) >= 11 is 1.91. The molecule has 2 rings (SSSR count). The Hall–Kier alpha value is -0.340. The molecule has 0 unspecified atom stereocenters. The Morgan fingerprint density at radius 2 is 2.46 bits per heavy atom. The minimum atomic E-state index is 0.721. The second kappa shape index (κ2) is 4.25. The van der Waals surface area contributed by atoms with Crippen LogP contribution >= 0.6 is 11.3 Å². The summed E-state index contributed by atoms with van der Waals surface area (Å²) in [5.41, 5.74) is 0. The van der Waals surface area contributed by atoms with Crippen molar-refractivity contribution in [2.24, 2.45) is 0 Å². The first kappa shape index (κ1) is 9.22. The molecule has 1 fully saturated rings. The topological polar surface area (TPSA) is 3.24 Å². The summed E-state index contributed by atoms with van der Waals surface area (Å²) in [6.45, 7) is 4.76. The molecular formula is C11H17NS. The summed E-state index contributed by atoms with van der Waals surface area (Å²) < 4.78 is 0. The third-order valence-corrected chi connectivity index (χ3v) is 3.86. The maximum absolute atomic E-state index is 2.61. The lowest BCUT2D eigenvalue weighted by molar-refractivity contribution is 0.160. The van der Waals surface area contributed by atoms with Crippen molar-refractivity contribution >= 4 is 11.3 Å². The van der Waals surface area contributed by atoms with E-state index in [0.717, 1.165) is 6.04 Å². The van der Waals surface area contributed by atoms with E-state index in [1.807, 2.05) is 11.3 Å².